The van der Waals surface area contributed by atoms with Gasteiger partial charge in [-0.3, -0.25) is 4.79 Å². The van der Waals surface area contributed by atoms with E-state index in [1.165, 1.54) is 51.4 Å². The van der Waals surface area contributed by atoms with E-state index in [4.69, 9.17) is 4.74 Å². The van der Waals surface area contributed by atoms with Gasteiger partial charge in [-0.15, -0.1) is 0 Å². The Labute approximate surface area is 138 Å². The van der Waals surface area contributed by atoms with Crippen LogP contribution in [0.2, 0.25) is 0 Å². The van der Waals surface area contributed by atoms with Crippen molar-refractivity contribution in [1.82, 2.24) is 4.90 Å². The van der Waals surface area contributed by atoms with E-state index in [0.29, 0.717) is 0 Å². The maximum absolute atomic E-state index is 12.0. The third-order valence-electron chi connectivity index (χ3n) is 4.08. The Morgan fingerprint density at radius 2 is 1.41 bits per heavy atom. The molecule has 132 valence electrons. The first-order valence-corrected chi connectivity index (χ1v) is 9.32. The number of likely N-dealkylation sites (N-methyl/N-ethyl adjacent to an activating group) is 1. The summed E-state index contributed by atoms with van der Waals surface area (Å²) in [6.45, 7) is 7.00. The number of ether oxygens (including phenoxy) is 1. The van der Waals surface area contributed by atoms with Crippen LogP contribution in [0.5, 0.6) is 0 Å². The molecule has 0 saturated carbocycles. The third kappa shape index (κ3) is 13.1. The van der Waals surface area contributed by atoms with Crippen LogP contribution in [0.15, 0.2) is 0 Å². The molecule has 3 heteroatoms. The van der Waals surface area contributed by atoms with Crippen LogP contribution in [0.25, 0.3) is 0 Å². The summed E-state index contributed by atoms with van der Waals surface area (Å²) in [6.07, 6.45) is 12.9. The molecule has 0 heterocycles. The number of hydrogen-bond donors (Lipinski definition) is 0. The average Bonchev–Trinajstić information content (AvgIpc) is 2.44. The van der Waals surface area contributed by atoms with Gasteiger partial charge in [0.25, 0.3) is 0 Å². The first-order valence-electron chi connectivity index (χ1n) is 9.32. The summed E-state index contributed by atoms with van der Waals surface area (Å²) < 4.78 is 5.48. The molecule has 0 aliphatic heterocycles. The highest BCUT2D eigenvalue weighted by Gasteiger charge is 2.17. The summed E-state index contributed by atoms with van der Waals surface area (Å²) >= 11 is 0. The lowest BCUT2D eigenvalue weighted by atomic mass is 10.0. The SMILES string of the molecule is CCCCCCCCCCCC(C)C(=O)OC(C)CN(C)C. The van der Waals surface area contributed by atoms with E-state index in [9.17, 15) is 4.79 Å². The molecule has 0 aromatic rings. The molecule has 3 nitrogen and oxygen atoms in total. The van der Waals surface area contributed by atoms with Crippen molar-refractivity contribution in [3.8, 4) is 0 Å². The Bertz CT molecular complexity index is 266. The van der Waals surface area contributed by atoms with Crippen molar-refractivity contribution >= 4 is 5.97 Å². The maximum atomic E-state index is 12.0. The van der Waals surface area contributed by atoms with E-state index in [2.05, 4.69) is 6.92 Å². The Kier molecular flexibility index (Phi) is 13.7. The van der Waals surface area contributed by atoms with Gasteiger partial charge < -0.3 is 9.64 Å². The number of unbranched alkanes of at least 4 members (excludes halogenated alkanes) is 8. The Morgan fingerprint density at radius 3 is 1.91 bits per heavy atom. The van der Waals surface area contributed by atoms with Gasteiger partial charge >= 0.3 is 5.97 Å². The molecule has 2 atom stereocenters. The summed E-state index contributed by atoms with van der Waals surface area (Å²) in [4.78, 5) is 14.0. The number of carbonyl (C=O) groups is 1. The van der Waals surface area contributed by atoms with Crippen molar-refractivity contribution in [3.05, 3.63) is 0 Å². The first kappa shape index (κ1) is 21.4. The fourth-order valence-electron chi connectivity index (χ4n) is 2.74. The molecule has 0 bridgehead atoms. The zero-order valence-corrected chi connectivity index (χ0v) is 15.7. The van der Waals surface area contributed by atoms with Crippen molar-refractivity contribution in [2.24, 2.45) is 5.92 Å². The quantitative estimate of drug-likeness (QED) is 0.332. The minimum Gasteiger partial charge on any atom is -0.461 e. The van der Waals surface area contributed by atoms with E-state index in [1.807, 2.05) is 32.8 Å². The van der Waals surface area contributed by atoms with Gasteiger partial charge in [-0.25, -0.2) is 0 Å². The maximum Gasteiger partial charge on any atom is 0.308 e. The topological polar surface area (TPSA) is 29.5 Å². The second kappa shape index (κ2) is 14.0. The van der Waals surface area contributed by atoms with Crippen LogP contribution in [-0.2, 0) is 9.53 Å². The van der Waals surface area contributed by atoms with Crippen LogP contribution in [0.4, 0.5) is 0 Å². The standard InChI is InChI=1S/C19H39NO2/c1-6-7-8-9-10-11-12-13-14-15-17(2)19(21)22-18(3)16-20(4)5/h17-18H,6-16H2,1-5H3. The molecular weight excluding hydrogens is 274 g/mol. The number of hydrogen-bond acceptors (Lipinski definition) is 3. The van der Waals surface area contributed by atoms with Crippen molar-refractivity contribution in [2.75, 3.05) is 20.6 Å². The van der Waals surface area contributed by atoms with Gasteiger partial charge in [0.15, 0.2) is 0 Å². The zero-order chi connectivity index (χ0) is 16.8. The molecule has 0 fully saturated rings. The van der Waals surface area contributed by atoms with Gasteiger partial charge in [0.2, 0.25) is 0 Å². The lowest BCUT2D eigenvalue weighted by Gasteiger charge is -2.19. The molecule has 0 saturated heterocycles. The number of rotatable bonds is 14. The molecule has 0 radical (unpaired) electrons. The second-order valence-corrected chi connectivity index (χ2v) is 7.03. The predicted molar refractivity (Wildman–Crippen MR) is 95.1 cm³/mol. The lowest BCUT2D eigenvalue weighted by Crippen LogP contribution is -2.29. The Morgan fingerprint density at radius 1 is 0.909 bits per heavy atom. The van der Waals surface area contributed by atoms with Crippen LogP contribution in [0.1, 0.15) is 85.0 Å². The molecule has 0 aliphatic rings. The average molecular weight is 314 g/mol. The molecule has 0 aromatic carbocycles. The van der Waals surface area contributed by atoms with E-state index >= 15 is 0 Å². The van der Waals surface area contributed by atoms with Crippen LogP contribution >= 0.6 is 0 Å². The zero-order valence-electron chi connectivity index (χ0n) is 15.7. The molecule has 0 N–H and O–H groups in total. The smallest absolute Gasteiger partial charge is 0.308 e. The highest BCUT2D eigenvalue weighted by molar-refractivity contribution is 5.72. The van der Waals surface area contributed by atoms with Crippen LogP contribution in [0, 0.1) is 5.92 Å². The lowest BCUT2D eigenvalue weighted by molar-refractivity contribution is -0.153. The van der Waals surface area contributed by atoms with Crippen molar-refractivity contribution in [2.45, 2.75) is 91.1 Å². The Balaban J connectivity index is 3.51. The van der Waals surface area contributed by atoms with E-state index < -0.39 is 0 Å². The normalized spacial score (nSPS) is 14.1. The fraction of sp³-hybridized carbons (Fsp3) is 0.947. The first-order chi connectivity index (χ1) is 10.5. The molecule has 0 amide bonds. The molecule has 0 spiro atoms. The summed E-state index contributed by atoms with van der Waals surface area (Å²) in [7, 11) is 3.99. The third-order valence-corrected chi connectivity index (χ3v) is 4.08. The van der Waals surface area contributed by atoms with Gasteiger partial charge in [0.1, 0.15) is 6.10 Å². The number of carbonyl (C=O) groups excluding carboxylic acids is 1. The molecule has 0 rings (SSSR count). The van der Waals surface area contributed by atoms with E-state index in [-0.39, 0.29) is 18.0 Å². The van der Waals surface area contributed by atoms with E-state index in [1.54, 1.807) is 0 Å². The van der Waals surface area contributed by atoms with Crippen LogP contribution in [0.3, 0.4) is 0 Å². The highest BCUT2D eigenvalue weighted by Crippen LogP contribution is 2.15. The number of esters is 1. The summed E-state index contributed by atoms with van der Waals surface area (Å²) in [5.41, 5.74) is 0. The predicted octanol–water partition coefficient (Wildman–Crippen LogP) is 5.04. The highest BCUT2D eigenvalue weighted by atomic mass is 16.5. The van der Waals surface area contributed by atoms with Gasteiger partial charge in [0, 0.05) is 6.54 Å². The van der Waals surface area contributed by atoms with Crippen molar-refractivity contribution < 1.29 is 9.53 Å². The van der Waals surface area contributed by atoms with Crippen molar-refractivity contribution in [1.29, 1.82) is 0 Å². The van der Waals surface area contributed by atoms with Gasteiger partial charge in [-0.2, -0.15) is 0 Å². The fourth-order valence-corrected chi connectivity index (χ4v) is 2.74. The van der Waals surface area contributed by atoms with Crippen molar-refractivity contribution in [3.63, 3.8) is 0 Å². The molecule has 0 aromatic heterocycles. The molecular formula is C19H39NO2. The summed E-state index contributed by atoms with van der Waals surface area (Å²) in [6, 6.07) is 0. The monoisotopic (exact) mass is 313 g/mol. The van der Waals surface area contributed by atoms with Gasteiger partial charge in [-0.05, 0) is 27.4 Å². The van der Waals surface area contributed by atoms with Gasteiger partial charge in [-0.1, -0.05) is 71.6 Å². The van der Waals surface area contributed by atoms with Crippen LogP contribution in [-0.4, -0.2) is 37.6 Å². The Hall–Kier alpha value is -0.570. The summed E-state index contributed by atoms with van der Waals surface area (Å²) in [5, 5.41) is 0. The second-order valence-electron chi connectivity index (χ2n) is 7.03. The number of nitrogens with zero attached hydrogens (tertiary/aromatic N) is 1. The summed E-state index contributed by atoms with van der Waals surface area (Å²) in [5.74, 6) is 0.00285. The molecule has 2 unspecified atom stereocenters. The van der Waals surface area contributed by atoms with Crippen LogP contribution < -0.4 is 0 Å². The minimum absolute atomic E-state index is 0.0203. The largest absolute Gasteiger partial charge is 0.461 e. The molecule has 0 aliphatic carbocycles. The minimum atomic E-state index is -0.0334. The van der Waals surface area contributed by atoms with Gasteiger partial charge in [0.05, 0.1) is 5.92 Å². The van der Waals surface area contributed by atoms with E-state index in [0.717, 1.165) is 19.4 Å². The molecule has 22 heavy (non-hydrogen) atoms.